The Bertz CT molecular complexity index is 1380. The largest absolute Gasteiger partial charge is 0.355 e. The molecule has 5 rings (SSSR count). The van der Waals surface area contributed by atoms with Crippen LogP contribution in [0.15, 0.2) is 63.9 Å². The number of aryl methyl sites for hydroxylation is 1. The summed E-state index contributed by atoms with van der Waals surface area (Å²) < 4.78 is 35.3. The number of carbonyl (C=O) groups is 1. The molecule has 2 aromatic carbocycles. The Morgan fingerprint density at radius 3 is 2.76 bits per heavy atom. The van der Waals surface area contributed by atoms with Gasteiger partial charge in [0.2, 0.25) is 0 Å². The lowest BCUT2D eigenvalue weighted by Gasteiger charge is -2.42. The zero-order valence-electron chi connectivity index (χ0n) is 17.8. The summed E-state index contributed by atoms with van der Waals surface area (Å²) in [6, 6.07) is 10.5. The molecule has 1 aliphatic heterocycles. The second-order valence-corrected chi connectivity index (χ2v) is 9.22. The summed E-state index contributed by atoms with van der Waals surface area (Å²) in [5.74, 6) is -1.77. The lowest BCUT2D eigenvalue weighted by Crippen LogP contribution is -2.47. The van der Waals surface area contributed by atoms with Crippen LogP contribution in [-0.4, -0.2) is 32.3 Å². The predicted molar refractivity (Wildman–Crippen MR) is 120 cm³/mol. The fraction of sp³-hybridized carbons (Fsp3) is 0.208. The van der Waals surface area contributed by atoms with Crippen molar-refractivity contribution in [3.05, 3.63) is 93.3 Å². The molecule has 2 aromatic heterocycles. The van der Waals surface area contributed by atoms with E-state index in [0.29, 0.717) is 13.1 Å². The average molecular weight is 513 g/mol. The normalized spacial score (nSPS) is 17.8. The van der Waals surface area contributed by atoms with Crippen molar-refractivity contribution in [2.75, 3.05) is 6.54 Å². The number of aromatic nitrogens is 3. The first-order chi connectivity index (χ1) is 15.8. The zero-order valence-corrected chi connectivity index (χ0v) is 19.4. The Kier molecular flexibility index (Phi) is 5.16. The Balaban J connectivity index is 1.52. The third-order valence-corrected chi connectivity index (χ3v) is 6.87. The monoisotopic (exact) mass is 512 g/mol. The van der Waals surface area contributed by atoms with Crippen molar-refractivity contribution in [2.24, 2.45) is 7.05 Å². The zero-order chi connectivity index (χ0) is 23.3. The van der Waals surface area contributed by atoms with Crippen molar-refractivity contribution < 1.29 is 18.1 Å². The maximum Gasteiger partial charge on any atom is 0.276 e. The minimum Gasteiger partial charge on any atom is -0.355 e. The van der Waals surface area contributed by atoms with Gasteiger partial charge in [-0.25, -0.2) is 8.78 Å². The smallest absolute Gasteiger partial charge is 0.276 e. The molecule has 3 heterocycles. The van der Waals surface area contributed by atoms with Gasteiger partial charge in [-0.2, -0.15) is 5.10 Å². The summed E-state index contributed by atoms with van der Waals surface area (Å²) in [6.45, 7) is 2.85. The standard InChI is InChI=1S/C24H19BrF2N4O2/c1-24(14-10-28-30(2)11-14)13-31(12-17-18(24)4-3-5-19(17)25)23(32)21-9-22(33-29-21)16-7-6-15(26)8-20(16)27/h3-11H,12-13H2,1-2H3. The molecule has 0 bridgehead atoms. The summed E-state index contributed by atoms with van der Waals surface area (Å²) in [5, 5.41) is 8.20. The van der Waals surface area contributed by atoms with Crippen molar-refractivity contribution in [3.63, 3.8) is 0 Å². The van der Waals surface area contributed by atoms with Crippen LogP contribution in [0, 0.1) is 11.6 Å². The predicted octanol–water partition coefficient (Wildman–Crippen LogP) is 5.08. The molecule has 1 aliphatic rings. The van der Waals surface area contributed by atoms with E-state index in [9.17, 15) is 13.6 Å². The molecule has 0 N–H and O–H groups in total. The van der Waals surface area contributed by atoms with E-state index in [1.54, 1.807) is 9.58 Å². The molecular formula is C24H19BrF2N4O2. The van der Waals surface area contributed by atoms with E-state index in [1.165, 1.54) is 12.1 Å². The molecule has 6 nitrogen and oxygen atoms in total. The van der Waals surface area contributed by atoms with Gasteiger partial charge in [0.25, 0.3) is 5.91 Å². The number of hydrogen-bond donors (Lipinski definition) is 0. The molecule has 1 atom stereocenters. The Morgan fingerprint density at radius 2 is 2.03 bits per heavy atom. The van der Waals surface area contributed by atoms with E-state index in [-0.39, 0.29) is 22.9 Å². The molecular weight excluding hydrogens is 494 g/mol. The van der Waals surface area contributed by atoms with Crippen LogP contribution in [0.25, 0.3) is 11.3 Å². The van der Waals surface area contributed by atoms with Crippen molar-refractivity contribution in [1.82, 2.24) is 19.8 Å². The molecule has 1 unspecified atom stereocenters. The highest BCUT2D eigenvalue weighted by atomic mass is 79.9. The highest BCUT2D eigenvalue weighted by Gasteiger charge is 2.41. The summed E-state index contributed by atoms with van der Waals surface area (Å²) in [7, 11) is 1.85. The highest BCUT2D eigenvalue weighted by molar-refractivity contribution is 9.10. The van der Waals surface area contributed by atoms with Crippen LogP contribution in [0.5, 0.6) is 0 Å². The number of halogens is 3. The second kappa shape index (κ2) is 7.91. The molecule has 0 saturated heterocycles. The van der Waals surface area contributed by atoms with Gasteiger partial charge in [-0.05, 0) is 36.2 Å². The minimum absolute atomic E-state index is 0.0369. The number of carbonyl (C=O) groups excluding carboxylic acids is 1. The Morgan fingerprint density at radius 1 is 1.21 bits per heavy atom. The van der Waals surface area contributed by atoms with Crippen LogP contribution in [0.4, 0.5) is 8.78 Å². The molecule has 4 aromatic rings. The summed E-state index contributed by atoms with van der Waals surface area (Å²) >= 11 is 3.63. The van der Waals surface area contributed by atoms with Crippen molar-refractivity contribution in [2.45, 2.75) is 18.9 Å². The van der Waals surface area contributed by atoms with Gasteiger partial charge in [0, 0.05) is 53.9 Å². The highest BCUT2D eigenvalue weighted by Crippen LogP contribution is 2.42. The number of rotatable bonds is 3. The van der Waals surface area contributed by atoms with Crippen LogP contribution in [0.2, 0.25) is 0 Å². The molecule has 0 aliphatic carbocycles. The van der Waals surface area contributed by atoms with Crippen LogP contribution < -0.4 is 0 Å². The topological polar surface area (TPSA) is 64.2 Å². The molecule has 9 heteroatoms. The minimum atomic E-state index is -0.787. The number of amides is 1. The fourth-order valence-electron chi connectivity index (χ4n) is 4.40. The Hall–Kier alpha value is -3.33. The van der Waals surface area contributed by atoms with E-state index in [0.717, 1.165) is 33.3 Å². The van der Waals surface area contributed by atoms with Crippen LogP contribution >= 0.6 is 15.9 Å². The summed E-state index contributed by atoms with van der Waals surface area (Å²) in [4.78, 5) is 15.1. The quantitative estimate of drug-likeness (QED) is 0.384. The second-order valence-electron chi connectivity index (χ2n) is 8.36. The van der Waals surface area contributed by atoms with E-state index in [2.05, 4.69) is 39.2 Å². The summed E-state index contributed by atoms with van der Waals surface area (Å²) in [5.41, 5.74) is 2.68. The van der Waals surface area contributed by atoms with Crippen LogP contribution in [-0.2, 0) is 19.0 Å². The van der Waals surface area contributed by atoms with Crippen molar-refractivity contribution >= 4 is 21.8 Å². The lowest BCUT2D eigenvalue weighted by atomic mass is 9.73. The van der Waals surface area contributed by atoms with Crippen molar-refractivity contribution in [3.8, 4) is 11.3 Å². The average Bonchev–Trinajstić information content (AvgIpc) is 3.44. The first-order valence-corrected chi connectivity index (χ1v) is 11.0. The van der Waals surface area contributed by atoms with Gasteiger partial charge < -0.3 is 9.42 Å². The first kappa shape index (κ1) is 21.5. The van der Waals surface area contributed by atoms with Gasteiger partial charge in [0.1, 0.15) is 11.6 Å². The molecule has 1 amide bonds. The molecule has 0 spiro atoms. The maximum atomic E-state index is 14.2. The van der Waals surface area contributed by atoms with Crippen LogP contribution in [0.1, 0.15) is 34.1 Å². The van der Waals surface area contributed by atoms with E-state index < -0.39 is 17.0 Å². The SMILES string of the molecule is Cn1cc(C2(C)CN(C(=O)c3cc(-c4ccc(F)cc4F)on3)Cc3c(Br)cccc32)cn1. The van der Waals surface area contributed by atoms with Gasteiger partial charge in [-0.15, -0.1) is 0 Å². The molecule has 168 valence electrons. The molecule has 0 radical (unpaired) electrons. The molecule has 0 saturated carbocycles. The van der Waals surface area contributed by atoms with Crippen molar-refractivity contribution in [1.29, 1.82) is 0 Å². The third-order valence-electron chi connectivity index (χ3n) is 6.12. The third kappa shape index (κ3) is 3.66. The van der Waals surface area contributed by atoms with E-state index in [1.807, 2.05) is 31.6 Å². The van der Waals surface area contributed by atoms with Gasteiger partial charge in [-0.1, -0.05) is 33.2 Å². The van der Waals surface area contributed by atoms with Gasteiger partial charge in [-0.3, -0.25) is 9.48 Å². The lowest BCUT2D eigenvalue weighted by molar-refractivity contribution is 0.0684. The van der Waals surface area contributed by atoms with Gasteiger partial charge in [0.05, 0.1) is 11.8 Å². The Labute approximate surface area is 196 Å². The molecule has 33 heavy (non-hydrogen) atoms. The number of benzene rings is 2. The maximum absolute atomic E-state index is 14.2. The number of fused-ring (bicyclic) bond motifs is 1. The molecule has 0 fully saturated rings. The van der Waals surface area contributed by atoms with Crippen LogP contribution in [0.3, 0.4) is 0 Å². The summed E-state index contributed by atoms with van der Waals surface area (Å²) in [6.07, 6.45) is 3.76. The van der Waals surface area contributed by atoms with Gasteiger partial charge >= 0.3 is 0 Å². The fourth-order valence-corrected chi connectivity index (χ4v) is 4.89. The number of hydrogen-bond acceptors (Lipinski definition) is 4. The first-order valence-electron chi connectivity index (χ1n) is 10.2. The van der Waals surface area contributed by atoms with E-state index in [4.69, 9.17) is 4.52 Å². The van der Waals surface area contributed by atoms with Gasteiger partial charge in [0.15, 0.2) is 11.5 Å². The number of nitrogens with zero attached hydrogens (tertiary/aromatic N) is 4. The van der Waals surface area contributed by atoms with E-state index >= 15 is 0 Å².